The number of carbonyl (C=O) groups excluding carboxylic acids is 1. The monoisotopic (exact) mass is 338 g/mol. The summed E-state index contributed by atoms with van der Waals surface area (Å²) in [5.41, 5.74) is 0. The van der Waals surface area contributed by atoms with Crippen LogP contribution in [0, 0.1) is 0 Å². The highest BCUT2D eigenvalue weighted by Crippen LogP contribution is 2.30. The van der Waals surface area contributed by atoms with Crippen molar-refractivity contribution in [1.29, 1.82) is 0 Å². The van der Waals surface area contributed by atoms with Gasteiger partial charge in [0.15, 0.2) is 0 Å². The second-order valence-electron chi connectivity index (χ2n) is 6.06. The third-order valence-electron chi connectivity index (χ3n) is 4.31. The molecule has 1 aromatic rings. The molecule has 24 heavy (non-hydrogen) atoms. The second kappa shape index (κ2) is 8.32. The van der Waals surface area contributed by atoms with Crippen LogP contribution in [0.25, 0.3) is 0 Å². The molecule has 2 rings (SSSR count). The minimum absolute atomic E-state index is 0.0199. The molecule has 1 amide bonds. The molecule has 0 radical (unpaired) electrons. The van der Waals surface area contributed by atoms with Crippen LogP contribution >= 0.6 is 0 Å². The lowest BCUT2D eigenvalue weighted by molar-refractivity contribution is -0.120. The first kappa shape index (κ1) is 18.5. The summed E-state index contributed by atoms with van der Waals surface area (Å²) < 4.78 is 11.1. The van der Waals surface area contributed by atoms with Crippen LogP contribution in [0.1, 0.15) is 13.3 Å². The number of nitrogens with one attached hydrogen (secondary N) is 1. The number of rotatable bonds is 7. The molecule has 1 aliphatic carbocycles. The SMILES string of the molecule is COc1cccc(O[C@@H]2C[C@@H](NC(C)=O)[C@H](N(C)CCO)[C@H]2O)c1. The molecule has 0 bridgehead atoms. The van der Waals surface area contributed by atoms with E-state index in [2.05, 4.69) is 5.32 Å². The molecule has 7 heteroatoms. The lowest BCUT2D eigenvalue weighted by Gasteiger charge is -2.31. The van der Waals surface area contributed by atoms with Crippen molar-refractivity contribution in [2.75, 3.05) is 27.3 Å². The molecule has 4 atom stereocenters. The normalized spacial score (nSPS) is 26.4. The molecular weight excluding hydrogens is 312 g/mol. The van der Waals surface area contributed by atoms with E-state index in [-0.39, 0.29) is 24.6 Å². The van der Waals surface area contributed by atoms with Gasteiger partial charge in [0.05, 0.1) is 25.8 Å². The molecule has 134 valence electrons. The van der Waals surface area contributed by atoms with Crippen molar-refractivity contribution in [3.63, 3.8) is 0 Å². The molecule has 1 aromatic carbocycles. The lowest BCUT2D eigenvalue weighted by atomic mass is 10.1. The maximum absolute atomic E-state index is 11.5. The van der Waals surface area contributed by atoms with Crippen LogP contribution in [-0.4, -0.2) is 72.6 Å². The van der Waals surface area contributed by atoms with Gasteiger partial charge in [-0.05, 0) is 19.2 Å². The highest BCUT2D eigenvalue weighted by atomic mass is 16.5. The van der Waals surface area contributed by atoms with Crippen molar-refractivity contribution in [3.05, 3.63) is 24.3 Å². The Morgan fingerprint density at radius 2 is 2.12 bits per heavy atom. The van der Waals surface area contributed by atoms with Crippen LogP contribution < -0.4 is 14.8 Å². The topological polar surface area (TPSA) is 91.3 Å². The van der Waals surface area contributed by atoms with Gasteiger partial charge in [0.2, 0.25) is 5.91 Å². The number of nitrogens with zero attached hydrogens (tertiary/aromatic N) is 1. The number of hydrogen-bond acceptors (Lipinski definition) is 6. The van der Waals surface area contributed by atoms with Crippen LogP contribution in [-0.2, 0) is 4.79 Å². The summed E-state index contributed by atoms with van der Waals surface area (Å²) in [5, 5.41) is 22.7. The summed E-state index contributed by atoms with van der Waals surface area (Å²) >= 11 is 0. The van der Waals surface area contributed by atoms with Gasteiger partial charge in [-0.2, -0.15) is 0 Å². The fraction of sp³-hybridized carbons (Fsp3) is 0.588. The number of benzene rings is 1. The Hall–Kier alpha value is -1.83. The van der Waals surface area contributed by atoms with Crippen LogP contribution in [0.2, 0.25) is 0 Å². The predicted molar refractivity (Wildman–Crippen MR) is 89.1 cm³/mol. The van der Waals surface area contributed by atoms with Crippen molar-refractivity contribution in [2.24, 2.45) is 0 Å². The summed E-state index contributed by atoms with van der Waals surface area (Å²) in [6, 6.07) is 6.62. The Kier molecular flexibility index (Phi) is 6.42. The maximum atomic E-state index is 11.5. The molecule has 1 fully saturated rings. The van der Waals surface area contributed by atoms with E-state index in [1.807, 2.05) is 24.1 Å². The number of aliphatic hydroxyl groups is 2. The van der Waals surface area contributed by atoms with E-state index in [1.165, 1.54) is 6.92 Å². The average molecular weight is 338 g/mol. The summed E-state index contributed by atoms with van der Waals surface area (Å²) in [7, 11) is 3.39. The van der Waals surface area contributed by atoms with Crippen LogP contribution in [0.3, 0.4) is 0 Å². The van der Waals surface area contributed by atoms with Gasteiger partial charge in [-0.25, -0.2) is 0 Å². The van der Waals surface area contributed by atoms with Gasteiger partial charge in [0.25, 0.3) is 0 Å². The molecule has 0 aliphatic heterocycles. The number of aliphatic hydroxyl groups excluding tert-OH is 2. The molecule has 1 aliphatic rings. The number of likely N-dealkylation sites (N-methyl/N-ethyl adjacent to an activating group) is 1. The van der Waals surface area contributed by atoms with Crippen molar-refractivity contribution < 1.29 is 24.5 Å². The Bertz CT molecular complexity index is 554. The molecule has 0 heterocycles. The third-order valence-corrected chi connectivity index (χ3v) is 4.31. The first-order valence-electron chi connectivity index (χ1n) is 8.03. The van der Waals surface area contributed by atoms with Gasteiger partial charge in [-0.3, -0.25) is 9.69 Å². The van der Waals surface area contributed by atoms with Gasteiger partial charge < -0.3 is 25.0 Å². The minimum atomic E-state index is -0.787. The van der Waals surface area contributed by atoms with Crippen LogP contribution in [0.4, 0.5) is 0 Å². The molecule has 3 N–H and O–H groups in total. The van der Waals surface area contributed by atoms with Gasteiger partial charge in [0, 0.05) is 26.0 Å². The quantitative estimate of drug-likeness (QED) is 0.648. The summed E-state index contributed by atoms with van der Waals surface area (Å²) in [6.07, 6.45) is -0.761. The average Bonchev–Trinajstić information content (AvgIpc) is 2.82. The third kappa shape index (κ3) is 4.37. The second-order valence-corrected chi connectivity index (χ2v) is 6.06. The highest BCUT2D eigenvalue weighted by Gasteiger charge is 2.46. The first-order valence-corrected chi connectivity index (χ1v) is 8.03. The van der Waals surface area contributed by atoms with E-state index < -0.39 is 12.2 Å². The maximum Gasteiger partial charge on any atom is 0.217 e. The predicted octanol–water partition coefficient (Wildman–Crippen LogP) is 0.00460. The number of carbonyl (C=O) groups is 1. The number of methoxy groups -OCH3 is 1. The van der Waals surface area contributed by atoms with Crippen molar-refractivity contribution in [1.82, 2.24) is 10.2 Å². The van der Waals surface area contributed by atoms with Gasteiger partial charge in [-0.1, -0.05) is 6.07 Å². The number of amides is 1. The molecule has 0 unspecified atom stereocenters. The lowest BCUT2D eigenvalue weighted by Crippen LogP contribution is -2.52. The van der Waals surface area contributed by atoms with E-state index in [9.17, 15) is 9.90 Å². The Labute approximate surface area is 142 Å². The molecule has 0 spiro atoms. The number of ether oxygens (including phenoxy) is 2. The standard InChI is InChI=1S/C17H26N2O5/c1-11(21)18-14-10-15(17(22)16(14)19(2)7-8-20)24-13-6-4-5-12(9-13)23-3/h4-6,9,14-17,20,22H,7-8,10H2,1-3H3,(H,18,21)/t14-,15-,16+,17+/m1/s1. The number of hydrogen-bond donors (Lipinski definition) is 3. The van der Waals surface area contributed by atoms with Crippen molar-refractivity contribution in [3.8, 4) is 11.5 Å². The smallest absolute Gasteiger partial charge is 0.217 e. The molecule has 0 aromatic heterocycles. The van der Waals surface area contributed by atoms with Crippen LogP contribution in [0.15, 0.2) is 24.3 Å². The fourth-order valence-electron chi connectivity index (χ4n) is 3.23. The summed E-state index contributed by atoms with van der Waals surface area (Å²) in [6.45, 7) is 1.84. The van der Waals surface area contributed by atoms with Crippen molar-refractivity contribution >= 4 is 5.91 Å². The largest absolute Gasteiger partial charge is 0.497 e. The van der Waals surface area contributed by atoms with E-state index >= 15 is 0 Å². The zero-order valence-corrected chi connectivity index (χ0v) is 14.3. The van der Waals surface area contributed by atoms with Crippen molar-refractivity contribution in [2.45, 2.75) is 37.6 Å². The fourth-order valence-corrected chi connectivity index (χ4v) is 3.23. The molecule has 7 nitrogen and oxygen atoms in total. The first-order chi connectivity index (χ1) is 11.5. The zero-order valence-electron chi connectivity index (χ0n) is 14.3. The Balaban J connectivity index is 2.14. The van der Waals surface area contributed by atoms with E-state index in [1.54, 1.807) is 19.2 Å². The van der Waals surface area contributed by atoms with E-state index in [0.29, 0.717) is 24.5 Å². The van der Waals surface area contributed by atoms with Gasteiger partial charge in [0.1, 0.15) is 23.7 Å². The Morgan fingerprint density at radius 3 is 2.75 bits per heavy atom. The van der Waals surface area contributed by atoms with E-state index in [4.69, 9.17) is 14.6 Å². The van der Waals surface area contributed by atoms with Gasteiger partial charge >= 0.3 is 0 Å². The van der Waals surface area contributed by atoms with Gasteiger partial charge in [-0.15, -0.1) is 0 Å². The Morgan fingerprint density at radius 1 is 1.42 bits per heavy atom. The molecule has 0 saturated heterocycles. The zero-order chi connectivity index (χ0) is 17.7. The van der Waals surface area contributed by atoms with Crippen LogP contribution in [0.5, 0.6) is 11.5 Å². The summed E-state index contributed by atoms with van der Waals surface area (Å²) in [4.78, 5) is 13.3. The summed E-state index contributed by atoms with van der Waals surface area (Å²) in [5.74, 6) is 1.12. The molecular formula is C17H26N2O5. The minimum Gasteiger partial charge on any atom is -0.497 e. The van der Waals surface area contributed by atoms with E-state index in [0.717, 1.165) is 0 Å². The highest BCUT2D eigenvalue weighted by molar-refractivity contribution is 5.73. The molecule has 1 saturated carbocycles.